The number of likely N-dealkylation sites (N-methyl/N-ethyl adjacent to an activating group) is 1. The third-order valence-corrected chi connectivity index (χ3v) is 21.0. The Balaban J connectivity index is 1.19. The van der Waals surface area contributed by atoms with Crippen molar-refractivity contribution in [2.75, 3.05) is 79.7 Å². The molecule has 1 spiro atoms. The summed E-state index contributed by atoms with van der Waals surface area (Å²) in [5, 5.41) is 23.9. The van der Waals surface area contributed by atoms with Gasteiger partial charge in [-0.2, -0.15) is 13.2 Å². The van der Waals surface area contributed by atoms with Crippen LogP contribution in [0.1, 0.15) is 183 Å². The number of allylic oxidation sites excluding steroid dienone is 3. The summed E-state index contributed by atoms with van der Waals surface area (Å²) in [6.07, 6.45) is 25.6. The van der Waals surface area contributed by atoms with Crippen LogP contribution in [0.4, 0.5) is 13.2 Å². The van der Waals surface area contributed by atoms with Gasteiger partial charge in [0.25, 0.3) is 0 Å². The molecule has 2 aliphatic carbocycles. The fourth-order valence-electron chi connectivity index (χ4n) is 15.3. The van der Waals surface area contributed by atoms with Crippen molar-refractivity contribution in [3.8, 4) is 0 Å². The second-order valence-corrected chi connectivity index (χ2v) is 28.3. The second-order valence-electron chi connectivity index (χ2n) is 27.9. The van der Waals surface area contributed by atoms with E-state index in [1.54, 1.807) is 0 Å². The van der Waals surface area contributed by atoms with Gasteiger partial charge in [0.05, 0.1) is 35.4 Å². The van der Waals surface area contributed by atoms with Crippen LogP contribution in [-0.2, 0) is 22.1 Å². The summed E-state index contributed by atoms with van der Waals surface area (Å²) >= 11 is 6.18. The van der Waals surface area contributed by atoms with Crippen molar-refractivity contribution in [2.24, 2.45) is 28.7 Å². The summed E-state index contributed by atoms with van der Waals surface area (Å²) in [6, 6.07) is 6.04. The van der Waals surface area contributed by atoms with Gasteiger partial charge in [-0.3, -0.25) is 14.7 Å². The van der Waals surface area contributed by atoms with Gasteiger partial charge in [0.15, 0.2) is 0 Å². The molecule has 6 N–H and O–H groups in total. The third kappa shape index (κ3) is 20.2. The van der Waals surface area contributed by atoms with Crippen LogP contribution in [0, 0.1) is 23.7 Å². The number of carbonyl (C=O) groups excluding carboxylic acids is 1. The predicted octanol–water partition coefficient (Wildman–Crippen LogP) is 11.9. The lowest BCUT2D eigenvalue weighted by molar-refractivity contribution is -0.160. The Labute approximate surface area is 535 Å². The topological polar surface area (TPSA) is 127 Å². The largest absolute Gasteiger partial charge is 0.417 e. The molecular weight excluding hydrogens is 1130 g/mol. The minimum absolute atomic E-state index is 0.0324. The monoisotopic (exact) mass is 1250 g/mol. The number of ether oxygens (including phenoxy) is 1. The molecule has 14 nitrogen and oxygen atoms in total. The van der Waals surface area contributed by atoms with E-state index >= 15 is 0 Å². The molecule has 3 saturated heterocycles. The maximum Gasteiger partial charge on any atom is 0.417 e. The Morgan fingerprint density at radius 1 is 0.875 bits per heavy atom. The molecule has 0 radical (unpaired) electrons. The van der Waals surface area contributed by atoms with E-state index in [-0.39, 0.29) is 64.8 Å². The van der Waals surface area contributed by atoms with Gasteiger partial charge >= 0.3 is 6.18 Å². The van der Waals surface area contributed by atoms with Gasteiger partial charge in [0.1, 0.15) is 0 Å². The molecule has 1 amide bonds. The predicted molar refractivity (Wildman–Crippen MR) is 358 cm³/mol. The molecule has 5 unspecified atom stereocenters. The molecule has 18 heteroatoms. The average molecular weight is 1250 g/mol. The molecule has 5 fully saturated rings. The molecule has 6 aliphatic rings. The van der Waals surface area contributed by atoms with Crippen molar-refractivity contribution in [1.82, 2.24) is 56.4 Å². The number of nitrogens with zero attached hydrogens (tertiary/aromatic N) is 6. The van der Waals surface area contributed by atoms with Crippen molar-refractivity contribution in [3.63, 3.8) is 0 Å². The lowest BCUT2D eigenvalue weighted by Crippen LogP contribution is -2.76. The minimum atomic E-state index is -4.52. The number of halogens is 4. The summed E-state index contributed by atoms with van der Waals surface area (Å²) in [5.74, 6) is 1.88. The number of nitrogens with one attached hydrogen (secondary N) is 6. The summed E-state index contributed by atoms with van der Waals surface area (Å²) < 4.78 is 47.2. The molecule has 0 bridgehead atoms. The Morgan fingerprint density at radius 2 is 1.61 bits per heavy atom. The smallest absolute Gasteiger partial charge is 0.375 e. The highest BCUT2D eigenvalue weighted by atomic mass is 35.5. The van der Waals surface area contributed by atoms with Crippen molar-refractivity contribution < 1.29 is 22.7 Å². The van der Waals surface area contributed by atoms with Crippen molar-refractivity contribution in [3.05, 3.63) is 82.3 Å². The normalized spacial score (nSPS) is 29.9. The zero-order valence-corrected chi connectivity index (χ0v) is 57.1. The van der Waals surface area contributed by atoms with E-state index in [2.05, 4.69) is 140 Å². The molecule has 4 heterocycles. The zero-order chi connectivity index (χ0) is 63.5. The third-order valence-electron chi connectivity index (χ3n) is 20.7. The number of aryl methyl sites for hydroxylation is 1. The lowest BCUT2D eigenvalue weighted by atomic mass is 9.74. The molecule has 2 saturated carbocycles. The number of aliphatic imine (C=N–C) groups is 1. The summed E-state index contributed by atoms with van der Waals surface area (Å²) in [7, 11) is 4.13. The van der Waals surface area contributed by atoms with Crippen LogP contribution in [0.5, 0.6) is 0 Å². The van der Waals surface area contributed by atoms with Gasteiger partial charge in [-0.15, -0.1) is 0 Å². The molecule has 4 aliphatic heterocycles. The Morgan fingerprint density at radius 3 is 2.30 bits per heavy atom. The highest BCUT2D eigenvalue weighted by molar-refractivity contribution is 6.31. The van der Waals surface area contributed by atoms with Gasteiger partial charge in [0, 0.05) is 169 Å². The quantitative estimate of drug-likeness (QED) is 0.105. The molecule has 1 aromatic rings. The van der Waals surface area contributed by atoms with E-state index in [9.17, 15) is 18.0 Å². The number of hydrogen-bond donors (Lipinski definition) is 6. The van der Waals surface area contributed by atoms with Crippen LogP contribution < -0.4 is 31.9 Å². The Hall–Kier alpha value is -3.68. The van der Waals surface area contributed by atoms with Crippen LogP contribution >= 0.6 is 11.6 Å². The zero-order valence-electron chi connectivity index (χ0n) is 56.3. The Kier molecular flexibility index (Phi) is 28.4. The number of fused-ring (bicyclic) bond motifs is 2. The Bertz CT molecular complexity index is 2440. The van der Waals surface area contributed by atoms with E-state index in [1.165, 1.54) is 56.4 Å². The number of alkyl halides is 3. The standard InChI is InChI=1S/C70H118ClF3N12O2/c1-13-40-88-47-60-45-82(11)39-35-77-58(27-25-56-26-28-61(62(71)42-56)70(72,73)74)29-32-75-33-34-76-48-69(30-17-18-31-69)81-53(8)67(57-22-15-16-23-57)86-55(10)66(68(87)84-36-19-20-37-84)65(86)44-78-52(7)63(41-49(3)4)79-43-64(50(5)14-2)80-51(6)54(9)85-38-21-24-59(85)46-83(60)12/h26,28-29,32,35,39,42,45-46,49-55,57,63-67,76-81H,13-25,27,30-31,33-34,36-38,40-41,43-44,47-48H2,1-12H3/t50-,51?,52?,53?,54-,55?,63-,64+,65?,66-,67+/m0/s1. The van der Waals surface area contributed by atoms with Gasteiger partial charge in [-0.1, -0.05) is 84.4 Å². The van der Waals surface area contributed by atoms with Gasteiger partial charge in [-0.05, 0) is 153 Å². The molecule has 11 atom stereocenters. The van der Waals surface area contributed by atoms with Crippen LogP contribution in [0.15, 0.2) is 71.2 Å². The summed E-state index contributed by atoms with van der Waals surface area (Å²) in [5.41, 5.74) is 3.05. The first-order chi connectivity index (χ1) is 42.1. The highest BCUT2D eigenvalue weighted by Crippen LogP contribution is 2.44. The first kappa shape index (κ1) is 71.8. The minimum Gasteiger partial charge on any atom is -0.375 e. The van der Waals surface area contributed by atoms with E-state index in [4.69, 9.17) is 21.3 Å². The van der Waals surface area contributed by atoms with Crippen LogP contribution in [0.2, 0.25) is 5.02 Å². The SMILES string of the molecule is CCCOCC1=CN(C)C=CNC(CCc2ccc(C(F)(F)F)c(Cl)c2)=CC=NCCNCC2(CCCC2)NC(C)[C@H](C2CCCC2)N2C(C)[C@H](C(=O)N3CCCC3)C2CNC(C)[C@H](CC(C)C)NC[C@H]([C@@H](C)CC)NC(C)[C@H](C)N2CCCC2=CN1C. The molecule has 0 aromatic heterocycles. The van der Waals surface area contributed by atoms with Gasteiger partial charge in [0.2, 0.25) is 5.91 Å². The summed E-state index contributed by atoms with van der Waals surface area (Å²) in [4.78, 5) is 31.5. The van der Waals surface area contributed by atoms with Gasteiger partial charge < -0.3 is 56.2 Å². The van der Waals surface area contributed by atoms with Crippen LogP contribution in [-0.4, -0.2) is 176 Å². The number of carbonyl (C=O) groups is 1. The maximum absolute atomic E-state index is 14.8. The van der Waals surface area contributed by atoms with Crippen LogP contribution in [0.25, 0.3) is 0 Å². The van der Waals surface area contributed by atoms with Gasteiger partial charge in [-0.25, -0.2) is 0 Å². The fraction of sp³-hybridized carbons (Fsp3) is 0.771. The van der Waals surface area contributed by atoms with E-state index in [0.717, 1.165) is 127 Å². The maximum atomic E-state index is 14.8. The highest BCUT2D eigenvalue weighted by Gasteiger charge is 2.56. The number of rotatable bonds is 13. The fourth-order valence-corrected chi connectivity index (χ4v) is 15.6. The molecule has 498 valence electrons. The lowest BCUT2D eigenvalue weighted by Gasteiger charge is -2.60. The summed E-state index contributed by atoms with van der Waals surface area (Å²) in [6.45, 7) is 31.2. The molecular formula is C70H118ClF3N12O2. The molecule has 88 heavy (non-hydrogen) atoms. The first-order valence-corrected chi connectivity index (χ1v) is 35.0. The van der Waals surface area contributed by atoms with Crippen molar-refractivity contribution in [1.29, 1.82) is 0 Å². The first-order valence-electron chi connectivity index (χ1n) is 34.6. The number of likely N-dealkylation sites (tertiary alicyclic amines) is 1. The average Bonchev–Trinajstić information content (AvgIpc) is 2.80. The second kappa shape index (κ2) is 34.8. The van der Waals surface area contributed by atoms with Crippen molar-refractivity contribution in [2.45, 2.75) is 244 Å². The molecule has 1 aromatic carbocycles. The van der Waals surface area contributed by atoms with E-state index < -0.39 is 11.7 Å². The van der Waals surface area contributed by atoms with Crippen LogP contribution in [0.3, 0.4) is 0 Å². The van der Waals surface area contributed by atoms with Crippen molar-refractivity contribution >= 4 is 23.7 Å². The van der Waals surface area contributed by atoms with E-state index in [0.29, 0.717) is 62.3 Å². The molecule has 7 rings (SSSR count). The number of benzene rings is 1. The van der Waals surface area contributed by atoms with E-state index in [1.807, 2.05) is 36.6 Å². The number of hydrogen-bond acceptors (Lipinski definition) is 13. The number of amides is 1.